The number of alkyl halides is 1. The molecule has 0 amide bonds. The number of benzene rings is 2. The fraction of sp³-hybridized carbons (Fsp3) is 0.0769. The summed E-state index contributed by atoms with van der Waals surface area (Å²) in [7, 11) is 0. The maximum absolute atomic E-state index is 13.6. The maximum Gasteiger partial charge on any atom is 0.166 e. The summed E-state index contributed by atoms with van der Waals surface area (Å²) in [5.41, 5.74) is 0.745. The Hall–Kier alpha value is -1.29. The van der Waals surface area contributed by atoms with E-state index in [1.807, 2.05) is 0 Å². The predicted molar refractivity (Wildman–Crippen MR) is 64.4 cm³/mol. The van der Waals surface area contributed by atoms with Crippen LogP contribution < -0.4 is 0 Å². The lowest BCUT2D eigenvalue weighted by Crippen LogP contribution is -1.95. The maximum atomic E-state index is 13.6. The summed E-state index contributed by atoms with van der Waals surface area (Å²) < 4.78 is 40.3. The van der Waals surface area contributed by atoms with Gasteiger partial charge in [-0.25, -0.2) is 13.2 Å². The molecular formula is C13H8BrF3. The van der Waals surface area contributed by atoms with Gasteiger partial charge >= 0.3 is 0 Å². The lowest BCUT2D eigenvalue weighted by Gasteiger charge is -2.09. The van der Waals surface area contributed by atoms with Crippen molar-refractivity contribution in [3.8, 4) is 11.1 Å². The van der Waals surface area contributed by atoms with Gasteiger partial charge in [0.2, 0.25) is 0 Å². The van der Waals surface area contributed by atoms with Crippen LogP contribution in [0.15, 0.2) is 36.4 Å². The highest BCUT2D eigenvalue weighted by atomic mass is 79.9. The van der Waals surface area contributed by atoms with E-state index in [1.54, 1.807) is 6.07 Å². The third-order valence-corrected chi connectivity index (χ3v) is 3.05. The van der Waals surface area contributed by atoms with Gasteiger partial charge in [0.05, 0.1) is 0 Å². The fourth-order valence-corrected chi connectivity index (χ4v) is 2.23. The van der Waals surface area contributed by atoms with E-state index >= 15 is 0 Å². The minimum absolute atomic E-state index is 0.0685. The van der Waals surface area contributed by atoms with Crippen molar-refractivity contribution in [1.29, 1.82) is 0 Å². The van der Waals surface area contributed by atoms with Crippen LogP contribution in [0.3, 0.4) is 0 Å². The summed E-state index contributed by atoms with van der Waals surface area (Å²) in [6, 6.07) is 8.19. The van der Waals surface area contributed by atoms with Crippen molar-refractivity contribution in [2.45, 2.75) is 5.33 Å². The third kappa shape index (κ3) is 2.22. The average molecular weight is 301 g/mol. The van der Waals surface area contributed by atoms with E-state index in [-0.39, 0.29) is 10.9 Å². The molecule has 0 saturated heterocycles. The monoisotopic (exact) mass is 300 g/mol. The molecule has 88 valence electrons. The van der Waals surface area contributed by atoms with Gasteiger partial charge in [-0.05, 0) is 17.7 Å². The minimum Gasteiger partial charge on any atom is -0.207 e. The van der Waals surface area contributed by atoms with Crippen LogP contribution in [0.25, 0.3) is 11.1 Å². The molecule has 0 spiro atoms. The molecule has 0 nitrogen and oxygen atoms in total. The normalized spacial score (nSPS) is 10.6. The quantitative estimate of drug-likeness (QED) is 0.707. The van der Waals surface area contributed by atoms with Gasteiger partial charge in [-0.3, -0.25) is 0 Å². The van der Waals surface area contributed by atoms with Crippen molar-refractivity contribution in [3.63, 3.8) is 0 Å². The Morgan fingerprint density at radius 1 is 0.824 bits per heavy atom. The largest absolute Gasteiger partial charge is 0.207 e. The number of hydrogen-bond donors (Lipinski definition) is 0. The summed E-state index contributed by atoms with van der Waals surface area (Å²) in [5.74, 6) is -2.34. The van der Waals surface area contributed by atoms with E-state index in [2.05, 4.69) is 15.9 Å². The Bertz CT molecular complexity index is 552. The standard InChI is InChI=1S/C13H8BrF3/c14-7-10-8(3-1-5-11(10)15)9-4-2-6-12(16)13(9)17/h1-6H,7H2. The molecule has 0 radical (unpaired) electrons. The lowest BCUT2D eigenvalue weighted by atomic mass is 9.99. The Morgan fingerprint density at radius 2 is 1.41 bits per heavy atom. The lowest BCUT2D eigenvalue weighted by molar-refractivity contribution is 0.511. The van der Waals surface area contributed by atoms with Crippen molar-refractivity contribution in [2.24, 2.45) is 0 Å². The van der Waals surface area contributed by atoms with Gasteiger partial charge in [-0.1, -0.05) is 40.2 Å². The first-order valence-electron chi connectivity index (χ1n) is 4.93. The first-order chi connectivity index (χ1) is 8.15. The number of hydrogen-bond acceptors (Lipinski definition) is 0. The smallest absolute Gasteiger partial charge is 0.166 e. The highest BCUT2D eigenvalue weighted by Crippen LogP contribution is 2.30. The second-order valence-corrected chi connectivity index (χ2v) is 4.06. The van der Waals surface area contributed by atoms with Gasteiger partial charge in [-0.15, -0.1) is 0 Å². The molecule has 0 aliphatic heterocycles. The van der Waals surface area contributed by atoms with Gasteiger partial charge in [-0.2, -0.15) is 0 Å². The van der Waals surface area contributed by atoms with E-state index < -0.39 is 17.5 Å². The molecule has 0 heterocycles. The SMILES string of the molecule is Fc1cccc(-c2cccc(F)c2CBr)c1F. The molecule has 0 aliphatic carbocycles. The van der Waals surface area contributed by atoms with E-state index in [1.165, 1.54) is 24.3 Å². The molecule has 2 rings (SSSR count). The molecule has 4 heteroatoms. The Morgan fingerprint density at radius 3 is 2.06 bits per heavy atom. The summed E-state index contributed by atoms with van der Waals surface area (Å²) in [4.78, 5) is 0. The topological polar surface area (TPSA) is 0 Å². The molecule has 17 heavy (non-hydrogen) atoms. The molecule has 0 atom stereocenters. The van der Waals surface area contributed by atoms with Crippen molar-refractivity contribution in [3.05, 3.63) is 59.4 Å². The molecule has 2 aromatic carbocycles. The van der Waals surface area contributed by atoms with Crippen molar-refractivity contribution >= 4 is 15.9 Å². The van der Waals surface area contributed by atoms with Crippen LogP contribution in [-0.4, -0.2) is 0 Å². The Kier molecular flexibility index (Phi) is 3.52. The van der Waals surface area contributed by atoms with Crippen molar-refractivity contribution in [2.75, 3.05) is 0 Å². The van der Waals surface area contributed by atoms with Crippen LogP contribution in [0.2, 0.25) is 0 Å². The first-order valence-corrected chi connectivity index (χ1v) is 6.05. The van der Waals surface area contributed by atoms with E-state index in [0.717, 1.165) is 6.07 Å². The highest BCUT2D eigenvalue weighted by molar-refractivity contribution is 9.08. The molecule has 0 aromatic heterocycles. The summed E-state index contributed by atoms with van der Waals surface area (Å²) in [6.45, 7) is 0. The number of halogens is 4. The summed E-state index contributed by atoms with van der Waals surface area (Å²) >= 11 is 3.14. The van der Waals surface area contributed by atoms with Crippen LogP contribution in [0.5, 0.6) is 0 Å². The van der Waals surface area contributed by atoms with Gasteiger partial charge < -0.3 is 0 Å². The van der Waals surface area contributed by atoms with Gasteiger partial charge in [0, 0.05) is 16.5 Å². The van der Waals surface area contributed by atoms with Gasteiger partial charge in [0.15, 0.2) is 11.6 Å². The van der Waals surface area contributed by atoms with Crippen LogP contribution in [0.4, 0.5) is 13.2 Å². The second-order valence-electron chi connectivity index (χ2n) is 3.50. The molecule has 0 saturated carbocycles. The molecule has 0 aliphatic rings. The van der Waals surface area contributed by atoms with E-state index in [9.17, 15) is 13.2 Å². The van der Waals surface area contributed by atoms with Crippen LogP contribution in [-0.2, 0) is 5.33 Å². The van der Waals surface area contributed by atoms with Crippen LogP contribution in [0, 0.1) is 17.5 Å². The fourth-order valence-electron chi connectivity index (χ4n) is 1.66. The van der Waals surface area contributed by atoms with Gasteiger partial charge in [0.25, 0.3) is 0 Å². The molecule has 2 aromatic rings. The summed E-state index contributed by atoms with van der Waals surface area (Å²) in [5, 5.41) is 0.241. The second kappa shape index (κ2) is 4.92. The molecule has 0 N–H and O–H groups in total. The van der Waals surface area contributed by atoms with Crippen LogP contribution >= 0.6 is 15.9 Å². The Labute approximate surface area is 105 Å². The average Bonchev–Trinajstić information content (AvgIpc) is 2.32. The van der Waals surface area contributed by atoms with Crippen molar-refractivity contribution in [1.82, 2.24) is 0 Å². The zero-order valence-electron chi connectivity index (χ0n) is 8.68. The Balaban J connectivity index is 2.68. The zero-order chi connectivity index (χ0) is 12.4. The zero-order valence-corrected chi connectivity index (χ0v) is 10.3. The third-order valence-electron chi connectivity index (χ3n) is 2.49. The van der Waals surface area contributed by atoms with E-state index in [0.29, 0.717) is 11.1 Å². The highest BCUT2D eigenvalue weighted by Gasteiger charge is 2.14. The first kappa shape index (κ1) is 12.2. The number of rotatable bonds is 2. The molecule has 0 bridgehead atoms. The minimum atomic E-state index is -0.958. The summed E-state index contributed by atoms with van der Waals surface area (Å²) in [6.07, 6.45) is 0. The molecule has 0 fully saturated rings. The van der Waals surface area contributed by atoms with Gasteiger partial charge in [0.1, 0.15) is 5.82 Å². The van der Waals surface area contributed by atoms with Crippen molar-refractivity contribution < 1.29 is 13.2 Å². The molecular weight excluding hydrogens is 293 g/mol. The van der Waals surface area contributed by atoms with E-state index in [4.69, 9.17) is 0 Å². The van der Waals surface area contributed by atoms with Crippen LogP contribution in [0.1, 0.15) is 5.56 Å². The predicted octanol–water partition coefficient (Wildman–Crippen LogP) is 4.67. The molecule has 0 unspecified atom stereocenters.